The fourth-order valence-corrected chi connectivity index (χ4v) is 4.30. The van der Waals surface area contributed by atoms with Gasteiger partial charge >= 0.3 is 11.9 Å². The summed E-state index contributed by atoms with van der Waals surface area (Å²) in [6, 6.07) is 12.5. The number of aliphatic hydroxyl groups is 3. The third kappa shape index (κ3) is 7.23. The van der Waals surface area contributed by atoms with Crippen molar-refractivity contribution in [2.75, 3.05) is 26.9 Å². The summed E-state index contributed by atoms with van der Waals surface area (Å²) in [6.45, 7) is 2.54. The fraction of sp³-hybridized carbons (Fsp3) is 0.357. The number of carbonyl (C=O) groups excluding carboxylic acids is 2. The average molecular weight is 557 g/mol. The maximum atomic E-state index is 13.3. The average Bonchev–Trinajstić information content (AvgIpc) is 2.95. The number of dihydropyridines is 1. The molecule has 0 amide bonds. The molecule has 12 heteroatoms. The van der Waals surface area contributed by atoms with Crippen LogP contribution in [0.3, 0.4) is 0 Å². The first-order valence-corrected chi connectivity index (χ1v) is 12.4. The van der Waals surface area contributed by atoms with Crippen LogP contribution < -0.4 is 10.1 Å². The zero-order valence-corrected chi connectivity index (χ0v) is 22.3. The van der Waals surface area contributed by atoms with Gasteiger partial charge in [-0.3, -0.25) is 10.1 Å². The van der Waals surface area contributed by atoms with Crippen molar-refractivity contribution in [3.05, 3.63) is 92.3 Å². The van der Waals surface area contributed by atoms with Crippen molar-refractivity contribution < 1.29 is 44.0 Å². The lowest BCUT2D eigenvalue weighted by molar-refractivity contribution is -0.384. The number of benzene rings is 2. The molecule has 1 aliphatic rings. The summed E-state index contributed by atoms with van der Waals surface area (Å²) in [5, 5.41) is 42.4. The molecule has 0 fully saturated rings. The Kier molecular flexibility index (Phi) is 10.4. The predicted octanol–water partition coefficient (Wildman–Crippen LogP) is 1.88. The highest BCUT2D eigenvalue weighted by Gasteiger charge is 2.38. The Hall–Kier alpha value is -4.26. The summed E-state index contributed by atoms with van der Waals surface area (Å²) >= 11 is 0. The molecular formula is C28H32N2O10. The van der Waals surface area contributed by atoms with Crippen molar-refractivity contribution >= 4 is 17.6 Å². The minimum Gasteiger partial charge on any atom is -0.491 e. The predicted molar refractivity (Wildman–Crippen MR) is 142 cm³/mol. The SMILES string of the molecule is COC(=O)C1=C(C)NC(C)=C(C(=O)OCCc2ccc(OCC(O)C(O)CO)cc2)C1c1cccc([N+](=O)[O-])c1. The number of non-ortho nitro benzene ring substituents is 1. The Bertz CT molecular complexity index is 1300. The molecule has 4 N–H and O–H groups in total. The van der Waals surface area contributed by atoms with Crippen molar-refractivity contribution in [1.82, 2.24) is 5.32 Å². The number of ether oxygens (including phenoxy) is 3. The second-order valence-corrected chi connectivity index (χ2v) is 9.14. The molecule has 2 aromatic rings. The molecule has 3 unspecified atom stereocenters. The highest BCUT2D eigenvalue weighted by atomic mass is 16.6. The van der Waals surface area contributed by atoms with Gasteiger partial charge in [-0.15, -0.1) is 0 Å². The van der Waals surface area contributed by atoms with E-state index in [4.69, 9.17) is 19.3 Å². The van der Waals surface area contributed by atoms with E-state index in [9.17, 15) is 29.9 Å². The number of nitro benzene ring substituents is 1. The number of nitro groups is 1. The monoisotopic (exact) mass is 556 g/mol. The maximum Gasteiger partial charge on any atom is 0.336 e. The molecule has 0 aliphatic carbocycles. The van der Waals surface area contributed by atoms with Crippen molar-refractivity contribution in [2.45, 2.75) is 38.4 Å². The molecule has 3 rings (SSSR count). The molecule has 40 heavy (non-hydrogen) atoms. The van der Waals surface area contributed by atoms with Crippen LogP contribution >= 0.6 is 0 Å². The molecule has 1 aliphatic heterocycles. The number of esters is 2. The van der Waals surface area contributed by atoms with Gasteiger partial charge in [-0.1, -0.05) is 24.3 Å². The lowest BCUT2D eigenvalue weighted by atomic mass is 9.80. The summed E-state index contributed by atoms with van der Waals surface area (Å²) in [4.78, 5) is 36.9. The second kappa shape index (κ2) is 13.7. The molecule has 214 valence electrons. The Morgan fingerprint density at radius 1 is 1.02 bits per heavy atom. The smallest absolute Gasteiger partial charge is 0.336 e. The van der Waals surface area contributed by atoms with Crippen LogP contribution in [0.1, 0.15) is 30.9 Å². The number of allylic oxidation sites excluding steroid dienone is 2. The maximum absolute atomic E-state index is 13.3. The van der Waals surface area contributed by atoms with Crippen molar-refractivity contribution in [3.8, 4) is 5.75 Å². The number of carbonyl (C=O) groups is 2. The number of methoxy groups -OCH3 is 1. The number of nitrogens with zero attached hydrogens (tertiary/aromatic N) is 1. The largest absolute Gasteiger partial charge is 0.491 e. The molecule has 0 bridgehead atoms. The summed E-state index contributed by atoms with van der Waals surface area (Å²) < 4.78 is 15.9. The van der Waals surface area contributed by atoms with E-state index in [1.54, 1.807) is 44.2 Å². The Morgan fingerprint density at radius 3 is 2.27 bits per heavy atom. The molecule has 3 atom stereocenters. The molecule has 12 nitrogen and oxygen atoms in total. The summed E-state index contributed by atoms with van der Waals surface area (Å²) in [7, 11) is 1.22. The van der Waals surface area contributed by atoms with Crippen LogP contribution in [0.5, 0.6) is 5.75 Å². The van der Waals surface area contributed by atoms with Gasteiger partial charge in [0.1, 0.15) is 24.6 Å². The molecular weight excluding hydrogens is 524 g/mol. The van der Waals surface area contributed by atoms with Crippen molar-refractivity contribution in [3.63, 3.8) is 0 Å². The molecule has 0 saturated heterocycles. The van der Waals surface area contributed by atoms with E-state index in [1.165, 1.54) is 25.3 Å². The Balaban J connectivity index is 1.74. The van der Waals surface area contributed by atoms with Crippen molar-refractivity contribution in [1.29, 1.82) is 0 Å². The number of rotatable bonds is 12. The zero-order chi connectivity index (χ0) is 29.4. The van der Waals surface area contributed by atoms with Crippen LogP contribution in [-0.4, -0.2) is 71.3 Å². The van der Waals surface area contributed by atoms with E-state index in [-0.39, 0.29) is 30.0 Å². The third-order valence-electron chi connectivity index (χ3n) is 6.40. The minimum atomic E-state index is -1.30. The van der Waals surface area contributed by atoms with Crippen LogP contribution in [0, 0.1) is 10.1 Å². The first-order valence-electron chi connectivity index (χ1n) is 12.4. The van der Waals surface area contributed by atoms with E-state index >= 15 is 0 Å². The van der Waals surface area contributed by atoms with E-state index in [0.29, 0.717) is 29.1 Å². The van der Waals surface area contributed by atoms with Gasteiger partial charge in [0, 0.05) is 29.9 Å². The lowest BCUT2D eigenvalue weighted by Gasteiger charge is -2.30. The first kappa shape index (κ1) is 30.3. The van der Waals surface area contributed by atoms with Gasteiger partial charge in [-0.25, -0.2) is 9.59 Å². The topological polar surface area (TPSA) is 178 Å². The van der Waals surface area contributed by atoms with Crippen LogP contribution in [0.15, 0.2) is 71.1 Å². The van der Waals surface area contributed by atoms with E-state index < -0.39 is 41.6 Å². The molecule has 1 heterocycles. The highest BCUT2D eigenvalue weighted by Crippen LogP contribution is 2.40. The van der Waals surface area contributed by atoms with Gasteiger partial charge in [0.05, 0.1) is 42.3 Å². The quantitative estimate of drug-likeness (QED) is 0.170. The number of nitrogens with one attached hydrogen (secondary N) is 1. The molecule has 2 aromatic carbocycles. The van der Waals surface area contributed by atoms with E-state index in [0.717, 1.165) is 5.56 Å². The Labute approximate surface area is 230 Å². The lowest BCUT2D eigenvalue weighted by Crippen LogP contribution is -2.34. The van der Waals surface area contributed by atoms with Gasteiger partial charge in [0.2, 0.25) is 0 Å². The van der Waals surface area contributed by atoms with E-state index in [2.05, 4.69) is 5.32 Å². The van der Waals surface area contributed by atoms with Crippen LogP contribution in [0.2, 0.25) is 0 Å². The van der Waals surface area contributed by atoms with Gasteiger partial charge in [0.25, 0.3) is 5.69 Å². The van der Waals surface area contributed by atoms with Crippen LogP contribution in [0.4, 0.5) is 5.69 Å². The number of aliphatic hydroxyl groups excluding tert-OH is 3. The highest BCUT2D eigenvalue weighted by molar-refractivity contribution is 5.99. The molecule has 0 spiro atoms. The van der Waals surface area contributed by atoms with Crippen LogP contribution in [0.25, 0.3) is 0 Å². The molecule has 0 radical (unpaired) electrons. The van der Waals surface area contributed by atoms with Crippen LogP contribution in [-0.2, 0) is 25.5 Å². The van der Waals surface area contributed by atoms with Gasteiger partial charge < -0.3 is 34.8 Å². The standard InChI is InChI=1S/C28H32N2O10/c1-16-24(27(34)38-3)26(19-5-4-6-20(13-19)30(36)37)25(17(2)29-16)28(35)39-12-11-18-7-9-21(10-8-18)40-15-23(33)22(32)14-31/h4-10,13,22-23,26,29,31-33H,11-12,14-15H2,1-3H3. The normalized spacial score (nSPS) is 16.6. The van der Waals surface area contributed by atoms with Gasteiger partial charge in [-0.05, 0) is 37.1 Å². The summed E-state index contributed by atoms with van der Waals surface area (Å²) in [6.07, 6.45) is -2.18. The minimum absolute atomic E-state index is 0.00906. The molecule has 0 saturated carbocycles. The summed E-state index contributed by atoms with van der Waals surface area (Å²) in [5.41, 5.74) is 2.19. The zero-order valence-electron chi connectivity index (χ0n) is 22.3. The van der Waals surface area contributed by atoms with Gasteiger partial charge in [0.15, 0.2) is 0 Å². The summed E-state index contributed by atoms with van der Waals surface area (Å²) in [5.74, 6) is -1.87. The Morgan fingerprint density at radius 2 is 1.68 bits per heavy atom. The fourth-order valence-electron chi connectivity index (χ4n) is 4.30. The number of hydrogen-bond acceptors (Lipinski definition) is 11. The second-order valence-electron chi connectivity index (χ2n) is 9.14. The van der Waals surface area contributed by atoms with Gasteiger partial charge in [-0.2, -0.15) is 0 Å². The molecule has 0 aromatic heterocycles. The van der Waals surface area contributed by atoms with E-state index in [1.807, 2.05) is 0 Å². The third-order valence-corrected chi connectivity index (χ3v) is 6.40. The van der Waals surface area contributed by atoms with Crippen molar-refractivity contribution in [2.24, 2.45) is 0 Å². The number of hydrogen-bond donors (Lipinski definition) is 4. The first-order chi connectivity index (χ1) is 19.1.